The molecule has 2 heterocycles. The van der Waals surface area contributed by atoms with Crippen molar-refractivity contribution in [2.24, 2.45) is 0 Å². The monoisotopic (exact) mass is 272 g/mol. The second-order valence-electron chi connectivity index (χ2n) is 4.27. The Morgan fingerprint density at radius 3 is 2.95 bits per heavy atom. The summed E-state index contributed by atoms with van der Waals surface area (Å²) in [5, 5.41) is 2.95. The summed E-state index contributed by atoms with van der Waals surface area (Å²) in [5.74, 6) is 0.703. The zero-order valence-electron chi connectivity index (χ0n) is 10.4. The molecule has 2 aromatic heterocycles. The van der Waals surface area contributed by atoms with Gasteiger partial charge in [0.1, 0.15) is 17.9 Å². The fraction of sp³-hybridized carbons (Fsp3) is 0.133. The highest BCUT2D eigenvalue weighted by Crippen LogP contribution is 2.23. The van der Waals surface area contributed by atoms with Crippen LogP contribution in [0.1, 0.15) is 10.4 Å². The lowest BCUT2D eigenvalue weighted by Gasteiger charge is -2.06. The number of aryl methyl sites for hydroxylation is 1. The van der Waals surface area contributed by atoms with E-state index in [1.54, 1.807) is 17.4 Å². The van der Waals surface area contributed by atoms with Crippen molar-refractivity contribution in [1.29, 1.82) is 0 Å². The third kappa shape index (κ3) is 2.53. The zero-order chi connectivity index (χ0) is 13.2. The van der Waals surface area contributed by atoms with Crippen LogP contribution in [0.15, 0.2) is 51.0 Å². The molecule has 3 aromatic rings. The van der Waals surface area contributed by atoms with Crippen LogP contribution in [0.3, 0.4) is 0 Å². The minimum atomic E-state index is -0.333. The molecule has 0 fully saturated rings. The van der Waals surface area contributed by atoms with Crippen molar-refractivity contribution in [2.45, 2.75) is 13.5 Å². The molecule has 3 rings (SSSR count). The van der Waals surface area contributed by atoms with Gasteiger partial charge in [0.05, 0.1) is 0 Å². The molecule has 0 saturated heterocycles. The van der Waals surface area contributed by atoms with Crippen molar-refractivity contribution >= 4 is 22.3 Å². The number of thiophene rings is 1. The summed E-state index contributed by atoms with van der Waals surface area (Å²) in [6.07, 6.45) is 0. The summed E-state index contributed by atoms with van der Waals surface area (Å²) >= 11 is 1.65. The van der Waals surface area contributed by atoms with Gasteiger partial charge in [0.15, 0.2) is 0 Å². The molecule has 0 N–H and O–H groups in total. The van der Waals surface area contributed by atoms with Gasteiger partial charge in [-0.2, -0.15) is 0 Å². The summed E-state index contributed by atoms with van der Waals surface area (Å²) in [5.41, 5.74) is 1.14. The molecule has 0 aliphatic rings. The zero-order valence-corrected chi connectivity index (χ0v) is 11.2. The number of fused-ring (bicyclic) bond motifs is 1. The molecular formula is C15H12O3S. The van der Waals surface area contributed by atoms with E-state index in [4.69, 9.17) is 9.15 Å². The molecule has 0 bridgehead atoms. The maximum Gasteiger partial charge on any atom is 0.336 e. The van der Waals surface area contributed by atoms with E-state index in [1.807, 2.05) is 36.6 Å². The molecule has 0 spiro atoms. The highest BCUT2D eigenvalue weighted by molar-refractivity contribution is 7.09. The molecule has 4 heteroatoms. The molecule has 19 heavy (non-hydrogen) atoms. The van der Waals surface area contributed by atoms with Crippen LogP contribution in [0.25, 0.3) is 11.0 Å². The first-order valence-electron chi connectivity index (χ1n) is 5.92. The third-order valence-electron chi connectivity index (χ3n) is 2.88. The van der Waals surface area contributed by atoms with Gasteiger partial charge in [0.2, 0.25) is 0 Å². The Bertz CT molecular complexity index is 757. The lowest BCUT2D eigenvalue weighted by atomic mass is 10.1. The summed E-state index contributed by atoms with van der Waals surface area (Å²) in [7, 11) is 0. The molecule has 0 unspecified atom stereocenters. The van der Waals surface area contributed by atoms with Gasteiger partial charge in [-0.3, -0.25) is 0 Å². The van der Waals surface area contributed by atoms with E-state index in [2.05, 4.69) is 0 Å². The number of rotatable bonds is 3. The second-order valence-corrected chi connectivity index (χ2v) is 5.31. The SMILES string of the molecule is Cc1cc(=O)oc2cc(OCc3cccs3)ccc12. The van der Waals surface area contributed by atoms with E-state index in [1.165, 1.54) is 6.07 Å². The lowest BCUT2D eigenvalue weighted by Crippen LogP contribution is -1.98. The topological polar surface area (TPSA) is 39.4 Å². The van der Waals surface area contributed by atoms with Gasteiger partial charge in [0.25, 0.3) is 0 Å². The van der Waals surface area contributed by atoms with Crippen molar-refractivity contribution < 1.29 is 9.15 Å². The Morgan fingerprint density at radius 2 is 2.16 bits per heavy atom. The fourth-order valence-corrected chi connectivity index (χ4v) is 2.56. The standard InChI is InChI=1S/C15H12O3S/c1-10-7-15(16)18-14-8-11(4-5-13(10)14)17-9-12-3-2-6-19-12/h2-8H,9H2,1H3. The first-order chi connectivity index (χ1) is 9.22. The van der Waals surface area contributed by atoms with Crippen molar-refractivity contribution in [2.75, 3.05) is 0 Å². The maximum atomic E-state index is 11.4. The molecule has 0 amide bonds. The normalized spacial score (nSPS) is 10.8. The van der Waals surface area contributed by atoms with E-state index >= 15 is 0 Å². The Labute approximate surface area is 114 Å². The third-order valence-corrected chi connectivity index (χ3v) is 3.73. The van der Waals surface area contributed by atoms with E-state index < -0.39 is 0 Å². The van der Waals surface area contributed by atoms with Gasteiger partial charge in [-0.1, -0.05) is 6.07 Å². The van der Waals surface area contributed by atoms with Crippen molar-refractivity contribution in [3.63, 3.8) is 0 Å². The molecule has 0 atom stereocenters. The van der Waals surface area contributed by atoms with Gasteiger partial charge in [-0.05, 0) is 36.1 Å². The fourth-order valence-electron chi connectivity index (χ4n) is 1.94. The summed E-state index contributed by atoms with van der Waals surface area (Å²) in [6.45, 7) is 2.42. The highest BCUT2D eigenvalue weighted by atomic mass is 32.1. The van der Waals surface area contributed by atoms with Crippen LogP contribution in [0.2, 0.25) is 0 Å². The first kappa shape index (κ1) is 12.0. The smallest absolute Gasteiger partial charge is 0.336 e. The van der Waals surface area contributed by atoms with Crippen LogP contribution < -0.4 is 10.4 Å². The Hall–Kier alpha value is -2.07. The minimum Gasteiger partial charge on any atom is -0.488 e. The van der Waals surface area contributed by atoms with Gasteiger partial charge in [0, 0.05) is 22.4 Å². The molecule has 0 aliphatic carbocycles. The molecule has 96 valence electrons. The minimum absolute atomic E-state index is 0.333. The number of ether oxygens (including phenoxy) is 1. The summed E-state index contributed by atoms with van der Waals surface area (Å²) < 4.78 is 10.9. The van der Waals surface area contributed by atoms with E-state index in [9.17, 15) is 4.79 Å². The molecule has 0 radical (unpaired) electrons. The van der Waals surface area contributed by atoms with E-state index in [0.29, 0.717) is 17.9 Å². The van der Waals surface area contributed by atoms with Crippen molar-refractivity contribution in [3.8, 4) is 5.75 Å². The van der Waals surface area contributed by atoms with E-state index in [-0.39, 0.29) is 5.63 Å². The average molecular weight is 272 g/mol. The second kappa shape index (κ2) is 4.90. The predicted molar refractivity (Wildman–Crippen MR) is 75.9 cm³/mol. The lowest BCUT2D eigenvalue weighted by molar-refractivity contribution is 0.309. The van der Waals surface area contributed by atoms with Gasteiger partial charge in [-0.25, -0.2) is 4.79 Å². The Morgan fingerprint density at radius 1 is 1.26 bits per heavy atom. The van der Waals surface area contributed by atoms with Crippen LogP contribution in [0.5, 0.6) is 5.75 Å². The number of benzene rings is 1. The van der Waals surface area contributed by atoms with Crippen molar-refractivity contribution in [1.82, 2.24) is 0 Å². The maximum absolute atomic E-state index is 11.4. The van der Waals surface area contributed by atoms with Crippen LogP contribution in [-0.4, -0.2) is 0 Å². The molecule has 3 nitrogen and oxygen atoms in total. The largest absolute Gasteiger partial charge is 0.488 e. The van der Waals surface area contributed by atoms with Gasteiger partial charge < -0.3 is 9.15 Å². The molecule has 1 aromatic carbocycles. The van der Waals surface area contributed by atoms with Crippen molar-refractivity contribution in [3.05, 3.63) is 62.6 Å². The van der Waals surface area contributed by atoms with Crippen LogP contribution >= 0.6 is 11.3 Å². The summed E-state index contributed by atoms with van der Waals surface area (Å²) in [4.78, 5) is 12.5. The molecule has 0 aliphatic heterocycles. The van der Waals surface area contributed by atoms with Crippen LogP contribution in [0.4, 0.5) is 0 Å². The van der Waals surface area contributed by atoms with Crippen LogP contribution in [-0.2, 0) is 6.61 Å². The van der Waals surface area contributed by atoms with E-state index in [0.717, 1.165) is 15.8 Å². The molecular weight excluding hydrogens is 260 g/mol. The number of hydrogen-bond donors (Lipinski definition) is 0. The highest BCUT2D eigenvalue weighted by Gasteiger charge is 2.04. The first-order valence-corrected chi connectivity index (χ1v) is 6.80. The average Bonchev–Trinajstić information content (AvgIpc) is 2.88. The number of hydrogen-bond acceptors (Lipinski definition) is 4. The summed E-state index contributed by atoms with van der Waals surface area (Å²) in [6, 6.07) is 11.1. The quantitative estimate of drug-likeness (QED) is 0.682. The Balaban J connectivity index is 1.91. The van der Waals surface area contributed by atoms with Crippen LogP contribution in [0, 0.1) is 6.92 Å². The molecule has 0 saturated carbocycles. The predicted octanol–water partition coefficient (Wildman–Crippen LogP) is 3.74. The Kier molecular flexibility index (Phi) is 3.09. The van der Waals surface area contributed by atoms with Gasteiger partial charge >= 0.3 is 5.63 Å². The van der Waals surface area contributed by atoms with Gasteiger partial charge in [-0.15, -0.1) is 11.3 Å².